The topological polar surface area (TPSA) is 197 Å². The van der Waals surface area contributed by atoms with Crippen LogP contribution in [0.2, 0.25) is 0 Å². The molecule has 9 N–H and O–H groups in total. The van der Waals surface area contributed by atoms with Crippen LogP contribution in [0.15, 0.2) is 0 Å². The van der Waals surface area contributed by atoms with Crippen molar-refractivity contribution >= 4 is 23.7 Å². The molecule has 0 radical (unpaired) electrons. The van der Waals surface area contributed by atoms with Crippen molar-refractivity contribution in [1.82, 2.24) is 16.0 Å². The van der Waals surface area contributed by atoms with Crippen LogP contribution >= 0.6 is 0 Å². The molecule has 0 aliphatic heterocycles. The Morgan fingerprint density at radius 2 is 1.63 bits per heavy atom. The van der Waals surface area contributed by atoms with Gasteiger partial charge < -0.3 is 37.6 Å². The molecular formula is C16H31N5O6. The van der Waals surface area contributed by atoms with E-state index in [9.17, 15) is 24.3 Å². The molecule has 0 aliphatic carbocycles. The molecule has 0 saturated heterocycles. The quantitative estimate of drug-likeness (QED) is 0.165. The highest BCUT2D eigenvalue weighted by Gasteiger charge is 2.29. The normalized spacial score (nSPS) is 14.1. The third kappa shape index (κ3) is 9.87. The highest BCUT2D eigenvalue weighted by atomic mass is 16.4. The van der Waals surface area contributed by atoms with Crippen LogP contribution in [0.5, 0.6) is 0 Å². The van der Waals surface area contributed by atoms with E-state index < -0.39 is 55.0 Å². The molecule has 0 aromatic heterocycles. The molecule has 0 aromatic rings. The van der Waals surface area contributed by atoms with E-state index in [1.807, 2.05) is 0 Å². The Bertz CT molecular complexity index is 514. The van der Waals surface area contributed by atoms with Gasteiger partial charge in [0.25, 0.3) is 0 Å². The van der Waals surface area contributed by atoms with Crippen molar-refractivity contribution in [3.63, 3.8) is 0 Å². The minimum Gasteiger partial charge on any atom is -0.480 e. The zero-order valence-electron chi connectivity index (χ0n) is 15.7. The van der Waals surface area contributed by atoms with Gasteiger partial charge in [0, 0.05) is 0 Å². The number of aliphatic carboxylic acids is 1. The van der Waals surface area contributed by atoms with Crippen molar-refractivity contribution in [1.29, 1.82) is 0 Å². The number of carbonyl (C=O) groups excluding carboxylic acids is 3. The molecule has 0 bridgehead atoms. The van der Waals surface area contributed by atoms with Crippen LogP contribution in [0.4, 0.5) is 0 Å². The minimum absolute atomic E-state index is 0.313. The molecule has 3 atom stereocenters. The lowest BCUT2D eigenvalue weighted by Crippen LogP contribution is -2.58. The molecule has 0 spiro atoms. The van der Waals surface area contributed by atoms with Gasteiger partial charge in [-0.1, -0.05) is 20.3 Å². The van der Waals surface area contributed by atoms with Gasteiger partial charge in [-0.3, -0.25) is 19.2 Å². The molecule has 0 aromatic carbocycles. The summed E-state index contributed by atoms with van der Waals surface area (Å²) in [5.74, 6) is -3.61. The summed E-state index contributed by atoms with van der Waals surface area (Å²) in [5, 5.41) is 24.8. The first-order valence-electron chi connectivity index (χ1n) is 8.80. The zero-order valence-corrected chi connectivity index (χ0v) is 15.7. The third-order valence-electron chi connectivity index (χ3n) is 3.78. The minimum atomic E-state index is -1.34. The van der Waals surface area contributed by atoms with Crippen LogP contribution in [-0.4, -0.2) is 71.7 Å². The maximum Gasteiger partial charge on any atom is 0.322 e. The Labute approximate surface area is 158 Å². The van der Waals surface area contributed by atoms with Gasteiger partial charge in [0.2, 0.25) is 17.7 Å². The fourth-order valence-corrected chi connectivity index (χ4v) is 2.18. The van der Waals surface area contributed by atoms with Gasteiger partial charge >= 0.3 is 5.97 Å². The highest BCUT2D eigenvalue weighted by molar-refractivity contribution is 5.93. The van der Waals surface area contributed by atoms with Crippen LogP contribution in [0.3, 0.4) is 0 Å². The van der Waals surface area contributed by atoms with E-state index in [4.69, 9.17) is 16.6 Å². The van der Waals surface area contributed by atoms with Crippen LogP contribution in [0.1, 0.15) is 33.1 Å². The number of aliphatic hydroxyl groups is 1. The average Bonchev–Trinajstić information content (AvgIpc) is 2.61. The molecular weight excluding hydrogens is 358 g/mol. The summed E-state index contributed by atoms with van der Waals surface area (Å²) in [6.45, 7) is 2.52. The Morgan fingerprint density at radius 3 is 2.11 bits per heavy atom. The van der Waals surface area contributed by atoms with Crippen LogP contribution < -0.4 is 27.4 Å². The lowest BCUT2D eigenvalue weighted by atomic mass is 10.0. The predicted molar refractivity (Wildman–Crippen MR) is 97.3 cm³/mol. The highest BCUT2D eigenvalue weighted by Crippen LogP contribution is 2.05. The van der Waals surface area contributed by atoms with Crippen molar-refractivity contribution in [3.8, 4) is 0 Å². The lowest BCUT2D eigenvalue weighted by Gasteiger charge is -2.25. The Morgan fingerprint density at radius 1 is 1.00 bits per heavy atom. The van der Waals surface area contributed by atoms with Gasteiger partial charge in [0.15, 0.2) is 0 Å². The van der Waals surface area contributed by atoms with Gasteiger partial charge in [-0.25, -0.2) is 0 Å². The average molecular weight is 389 g/mol. The maximum atomic E-state index is 12.4. The second-order valence-electron chi connectivity index (χ2n) is 6.48. The van der Waals surface area contributed by atoms with Crippen LogP contribution in [0, 0.1) is 5.92 Å². The van der Waals surface area contributed by atoms with E-state index in [1.54, 1.807) is 13.8 Å². The van der Waals surface area contributed by atoms with E-state index in [0.29, 0.717) is 19.4 Å². The monoisotopic (exact) mass is 389 g/mol. The number of unbranched alkanes of at least 4 members (excludes halogenated alkanes) is 1. The SMILES string of the molecule is CC(C)C(NC(=O)C(N)CCCCN)C(=O)NC(CO)C(=O)NCC(=O)O. The summed E-state index contributed by atoms with van der Waals surface area (Å²) in [7, 11) is 0. The Hall–Kier alpha value is -2.24. The molecule has 0 fully saturated rings. The molecule has 3 unspecified atom stereocenters. The number of hydrogen-bond donors (Lipinski definition) is 7. The fourth-order valence-electron chi connectivity index (χ4n) is 2.18. The van der Waals surface area contributed by atoms with E-state index in [0.717, 1.165) is 6.42 Å². The predicted octanol–water partition coefficient (Wildman–Crippen LogP) is -2.74. The number of hydrogen-bond acceptors (Lipinski definition) is 7. The summed E-state index contributed by atoms with van der Waals surface area (Å²) < 4.78 is 0. The Balaban J connectivity index is 4.83. The van der Waals surface area contributed by atoms with Gasteiger partial charge in [-0.2, -0.15) is 0 Å². The summed E-state index contributed by atoms with van der Waals surface area (Å²) in [6.07, 6.45) is 1.84. The Kier molecular flexibility index (Phi) is 11.9. The first-order valence-corrected chi connectivity index (χ1v) is 8.80. The fraction of sp³-hybridized carbons (Fsp3) is 0.750. The molecule has 27 heavy (non-hydrogen) atoms. The summed E-state index contributed by atoms with van der Waals surface area (Å²) in [4.78, 5) is 46.9. The number of amides is 3. The first kappa shape index (κ1) is 24.8. The number of rotatable bonds is 13. The summed E-state index contributed by atoms with van der Waals surface area (Å²) >= 11 is 0. The summed E-state index contributed by atoms with van der Waals surface area (Å²) in [5.41, 5.74) is 11.2. The molecule has 3 amide bonds. The van der Waals surface area contributed by atoms with Gasteiger partial charge in [-0.05, 0) is 25.3 Å². The second kappa shape index (κ2) is 13.0. The zero-order chi connectivity index (χ0) is 21.0. The number of nitrogens with one attached hydrogen (secondary N) is 3. The van der Waals surface area contributed by atoms with Crippen LogP contribution in [0.25, 0.3) is 0 Å². The van der Waals surface area contributed by atoms with E-state index in [2.05, 4.69) is 16.0 Å². The molecule has 11 heteroatoms. The number of nitrogens with two attached hydrogens (primary N) is 2. The molecule has 156 valence electrons. The molecule has 11 nitrogen and oxygen atoms in total. The van der Waals surface area contributed by atoms with E-state index in [-0.39, 0.29) is 5.92 Å². The molecule has 0 saturated carbocycles. The number of carboxylic acids is 1. The first-order chi connectivity index (χ1) is 12.6. The standard InChI is InChI=1S/C16H31N5O6/c1-9(2)13(21-14(25)10(18)5-3-4-6-17)16(27)20-11(8-22)15(26)19-7-12(23)24/h9-11,13,22H,3-8,17-18H2,1-2H3,(H,19,26)(H,20,27)(H,21,25)(H,23,24). The molecule has 0 rings (SSSR count). The second-order valence-corrected chi connectivity index (χ2v) is 6.48. The van der Waals surface area contributed by atoms with Crippen LogP contribution in [-0.2, 0) is 19.2 Å². The summed E-state index contributed by atoms with van der Waals surface area (Å²) in [6, 6.07) is -3.11. The number of carboxylic acid groups (broad SMARTS) is 1. The van der Waals surface area contributed by atoms with Crippen molar-refractivity contribution in [2.75, 3.05) is 19.7 Å². The number of aliphatic hydroxyl groups excluding tert-OH is 1. The van der Waals surface area contributed by atoms with Gasteiger partial charge in [-0.15, -0.1) is 0 Å². The largest absolute Gasteiger partial charge is 0.480 e. The van der Waals surface area contributed by atoms with Crippen molar-refractivity contribution in [2.45, 2.75) is 51.2 Å². The third-order valence-corrected chi connectivity index (χ3v) is 3.78. The van der Waals surface area contributed by atoms with E-state index >= 15 is 0 Å². The van der Waals surface area contributed by atoms with Crippen molar-refractivity contribution < 1.29 is 29.4 Å². The van der Waals surface area contributed by atoms with Gasteiger partial charge in [0.05, 0.1) is 12.6 Å². The molecule has 0 heterocycles. The van der Waals surface area contributed by atoms with E-state index in [1.165, 1.54) is 0 Å². The lowest BCUT2D eigenvalue weighted by molar-refractivity contribution is -0.139. The molecule has 0 aliphatic rings. The maximum absolute atomic E-state index is 12.4. The smallest absolute Gasteiger partial charge is 0.322 e. The van der Waals surface area contributed by atoms with Crippen molar-refractivity contribution in [2.24, 2.45) is 17.4 Å². The van der Waals surface area contributed by atoms with Crippen molar-refractivity contribution in [3.05, 3.63) is 0 Å². The number of carbonyl (C=O) groups is 4. The van der Waals surface area contributed by atoms with Gasteiger partial charge in [0.1, 0.15) is 18.6 Å².